The first kappa shape index (κ1) is 18.8. The number of ether oxygens (including phenoxy) is 2. The third-order valence-corrected chi connectivity index (χ3v) is 3.60. The van der Waals surface area contributed by atoms with E-state index >= 15 is 0 Å². The Hall–Kier alpha value is -2.28. The molecule has 7 heteroatoms. The minimum absolute atomic E-state index is 0.0385. The number of hydrogen-bond donors (Lipinski definition) is 3. The third-order valence-electron chi connectivity index (χ3n) is 3.60. The van der Waals surface area contributed by atoms with Gasteiger partial charge in [0, 0.05) is 5.56 Å². The van der Waals surface area contributed by atoms with Gasteiger partial charge in [-0.25, -0.2) is 0 Å². The van der Waals surface area contributed by atoms with Gasteiger partial charge in [0.05, 0.1) is 13.7 Å². The fraction of sp³-hybridized carbons (Fsp3) is 0.500. The Morgan fingerprint density at radius 1 is 1.39 bits per heavy atom. The van der Waals surface area contributed by atoms with Crippen LogP contribution in [0.3, 0.4) is 0 Å². The van der Waals surface area contributed by atoms with Gasteiger partial charge in [0.15, 0.2) is 11.5 Å². The molecule has 2 atom stereocenters. The minimum atomic E-state index is -0.658. The van der Waals surface area contributed by atoms with E-state index in [-0.39, 0.29) is 42.0 Å². The highest BCUT2D eigenvalue weighted by molar-refractivity contribution is 5.94. The second-order valence-electron chi connectivity index (χ2n) is 5.22. The number of benzene rings is 1. The largest absolute Gasteiger partial charge is 0.504 e. The number of phenolic OH excluding ortho intramolecular Hbond substituents is 1. The van der Waals surface area contributed by atoms with Crippen molar-refractivity contribution in [2.24, 2.45) is 11.7 Å². The van der Waals surface area contributed by atoms with Crippen molar-refractivity contribution in [3.8, 4) is 11.5 Å². The number of nitrogens with one attached hydrogen (secondary N) is 1. The second kappa shape index (κ2) is 8.99. The molecular weight excluding hydrogens is 300 g/mol. The molecule has 4 N–H and O–H groups in total. The van der Waals surface area contributed by atoms with E-state index in [1.54, 1.807) is 0 Å². The maximum Gasteiger partial charge on any atom is 0.323 e. The lowest BCUT2D eigenvalue weighted by Gasteiger charge is -2.16. The van der Waals surface area contributed by atoms with Crippen molar-refractivity contribution < 1.29 is 24.2 Å². The number of methoxy groups -OCH3 is 1. The normalized spacial score (nSPS) is 13.0. The molecule has 0 saturated heterocycles. The number of phenols is 1. The molecule has 1 aromatic rings. The molecule has 0 aliphatic carbocycles. The van der Waals surface area contributed by atoms with E-state index in [1.165, 1.54) is 25.3 Å². The van der Waals surface area contributed by atoms with Crippen molar-refractivity contribution in [2.45, 2.75) is 26.3 Å². The molecule has 0 unspecified atom stereocenters. The summed E-state index contributed by atoms with van der Waals surface area (Å²) in [6.07, 6.45) is 0.786. The number of esters is 1. The lowest BCUT2D eigenvalue weighted by atomic mass is 10.0. The monoisotopic (exact) mass is 324 g/mol. The summed E-state index contributed by atoms with van der Waals surface area (Å²) >= 11 is 0. The Morgan fingerprint density at radius 2 is 2.09 bits per heavy atom. The van der Waals surface area contributed by atoms with Crippen LogP contribution in [-0.4, -0.2) is 43.3 Å². The second-order valence-corrected chi connectivity index (χ2v) is 5.22. The average molecular weight is 324 g/mol. The maximum absolute atomic E-state index is 11.9. The lowest BCUT2D eigenvalue weighted by Crippen LogP contribution is -2.39. The Balaban J connectivity index is 2.40. The molecular formula is C16H24N2O5. The fourth-order valence-electron chi connectivity index (χ4n) is 1.83. The van der Waals surface area contributed by atoms with E-state index in [2.05, 4.69) is 5.32 Å². The molecule has 0 heterocycles. The summed E-state index contributed by atoms with van der Waals surface area (Å²) in [5, 5.41) is 12.2. The van der Waals surface area contributed by atoms with Crippen molar-refractivity contribution in [2.75, 3.05) is 20.3 Å². The molecule has 0 spiro atoms. The molecule has 0 bridgehead atoms. The Bertz CT molecular complexity index is 547. The van der Waals surface area contributed by atoms with Gasteiger partial charge in [-0.2, -0.15) is 0 Å². The number of nitrogens with two attached hydrogens (primary N) is 1. The zero-order chi connectivity index (χ0) is 17.4. The molecule has 7 nitrogen and oxygen atoms in total. The van der Waals surface area contributed by atoms with E-state index in [1.807, 2.05) is 13.8 Å². The molecule has 0 aliphatic rings. The van der Waals surface area contributed by atoms with Crippen LogP contribution < -0.4 is 15.8 Å². The molecule has 23 heavy (non-hydrogen) atoms. The first-order valence-corrected chi connectivity index (χ1v) is 7.48. The highest BCUT2D eigenvalue weighted by atomic mass is 16.5. The van der Waals surface area contributed by atoms with Gasteiger partial charge in [0.1, 0.15) is 12.6 Å². The maximum atomic E-state index is 11.9. The summed E-state index contributed by atoms with van der Waals surface area (Å²) in [5.41, 5.74) is 6.03. The van der Waals surface area contributed by atoms with Crippen LogP contribution in [0.5, 0.6) is 11.5 Å². The number of aromatic hydroxyl groups is 1. The molecule has 0 fully saturated rings. The number of carbonyl (C=O) groups is 2. The van der Waals surface area contributed by atoms with Crippen molar-refractivity contribution >= 4 is 11.9 Å². The summed E-state index contributed by atoms with van der Waals surface area (Å²) in [4.78, 5) is 23.6. The highest BCUT2D eigenvalue weighted by Crippen LogP contribution is 2.25. The van der Waals surface area contributed by atoms with E-state index in [4.69, 9.17) is 15.2 Å². The highest BCUT2D eigenvalue weighted by Gasteiger charge is 2.20. The van der Waals surface area contributed by atoms with Crippen LogP contribution in [0.15, 0.2) is 18.2 Å². The third kappa shape index (κ3) is 5.45. The predicted octanol–water partition coefficient (Wildman–Crippen LogP) is 1.05. The van der Waals surface area contributed by atoms with Crippen molar-refractivity contribution in [1.29, 1.82) is 0 Å². The minimum Gasteiger partial charge on any atom is -0.504 e. The summed E-state index contributed by atoms with van der Waals surface area (Å²) in [5.74, 6) is -0.652. The molecule has 1 amide bonds. The van der Waals surface area contributed by atoms with Gasteiger partial charge >= 0.3 is 5.97 Å². The molecule has 0 radical (unpaired) electrons. The van der Waals surface area contributed by atoms with Crippen molar-refractivity contribution in [3.05, 3.63) is 23.8 Å². The topological polar surface area (TPSA) is 111 Å². The average Bonchev–Trinajstić information content (AvgIpc) is 2.56. The van der Waals surface area contributed by atoms with E-state index in [0.717, 1.165) is 6.42 Å². The Morgan fingerprint density at radius 3 is 2.65 bits per heavy atom. The summed E-state index contributed by atoms with van der Waals surface area (Å²) in [7, 11) is 1.42. The Labute approximate surface area is 135 Å². The fourth-order valence-corrected chi connectivity index (χ4v) is 1.83. The molecule has 0 aromatic heterocycles. The van der Waals surface area contributed by atoms with Gasteiger partial charge in [-0.15, -0.1) is 0 Å². The molecule has 1 rings (SSSR count). The van der Waals surface area contributed by atoms with Gasteiger partial charge in [-0.3, -0.25) is 9.59 Å². The first-order valence-electron chi connectivity index (χ1n) is 7.48. The van der Waals surface area contributed by atoms with Crippen LogP contribution in [0.25, 0.3) is 0 Å². The number of amides is 1. The lowest BCUT2D eigenvalue weighted by molar-refractivity contribution is -0.146. The SMILES string of the molecule is CC[C@H](C)[C@H](N)C(=O)OCCNC(=O)c1ccc(OC)c(O)c1. The summed E-state index contributed by atoms with van der Waals surface area (Å²) < 4.78 is 9.93. The van der Waals surface area contributed by atoms with E-state index in [9.17, 15) is 14.7 Å². The number of carbonyl (C=O) groups excluding carboxylic acids is 2. The summed E-state index contributed by atoms with van der Waals surface area (Å²) in [6, 6.07) is 3.67. The van der Waals surface area contributed by atoms with Gasteiger partial charge < -0.3 is 25.6 Å². The van der Waals surface area contributed by atoms with Crippen LogP contribution in [0.1, 0.15) is 30.6 Å². The van der Waals surface area contributed by atoms with Crippen LogP contribution >= 0.6 is 0 Å². The zero-order valence-electron chi connectivity index (χ0n) is 13.7. The molecule has 0 saturated carbocycles. The van der Waals surface area contributed by atoms with E-state index < -0.39 is 12.0 Å². The zero-order valence-corrected chi connectivity index (χ0v) is 13.7. The quantitative estimate of drug-likeness (QED) is 0.487. The van der Waals surface area contributed by atoms with Gasteiger partial charge in [-0.1, -0.05) is 20.3 Å². The van der Waals surface area contributed by atoms with Crippen LogP contribution in [0, 0.1) is 5.92 Å². The van der Waals surface area contributed by atoms with Gasteiger partial charge in [0.2, 0.25) is 0 Å². The standard InChI is InChI=1S/C16H24N2O5/c1-4-10(2)14(17)16(21)23-8-7-18-15(20)11-5-6-13(22-3)12(19)9-11/h5-6,9-10,14,19H,4,7-8,17H2,1-3H3,(H,18,20)/t10-,14-/m0/s1. The first-order chi connectivity index (χ1) is 10.9. The van der Waals surface area contributed by atoms with Crippen LogP contribution in [0.2, 0.25) is 0 Å². The molecule has 0 aliphatic heterocycles. The molecule has 1 aromatic carbocycles. The summed E-state index contributed by atoms with van der Waals surface area (Å²) in [6.45, 7) is 4.02. The number of hydrogen-bond acceptors (Lipinski definition) is 6. The molecule has 128 valence electrons. The van der Waals surface area contributed by atoms with Crippen LogP contribution in [-0.2, 0) is 9.53 Å². The van der Waals surface area contributed by atoms with Crippen LogP contribution in [0.4, 0.5) is 0 Å². The van der Waals surface area contributed by atoms with Gasteiger partial charge in [0.25, 0.3) is 5.91 Å². The number of rotatable bonds is 8. The predicted molar refractivity (Wildman–Crippen MR) is 85.4 cm³/mol. The van der Waals surface area contributed by atoms with Gasteiger partial charge in [-0.05, 0) is 24.1 Å². The van der Waals surface area contributed by atoms with Crippen molar-refractivity contribution in [3.63, 3.8) is 0 Å². The Kier molecular flexibility index (Phi) is 7.34. The smallest absolute Gasteiger partial charge is 0.323 e. The van der Waals surface area contributed by atoms with Crippen molar-refractivity contribution in [1.82, 2.24) is 5.32 Å². The van der Waals surface area contributed by atoms with E-state index in [0.29, 0.717) is 0 Å².